The van der Waals surface area contributed by atoms with Gasteiger partial charge in [0.1, 0.15) is 0 Å². The Morgan fingerprint density at radius 1 is 1.25 bits per heavy atom. The monoisotopic (exact) mass is 273 g/mol. The van der Waals surface area contributed by atoms with Gasteiger partial charge in [0.2, 0.25) is 5.91 Å². The van der Waals surface area contributed by atoms with Crippen molar-refractivity contribution in [2.75, 3.05) is 20.3 Å². The van der Waals surface area contributed by atoms with Crippen molar-refractivity contribution >= 4 is 16.7 Å². The normalized spacial score (nSPS) is 12.3. The first kappa shape index (κ1) is 14.5. The summed E-state index contributed by atoms with van der Waals surface area (Å²) in [5, 5.41) is 15.0. The molecule has 20 heavy (non-hydrogen) atoms. The number of benzene rings is 2. The molecule has 0 fully saturated rings. The van der Waals surface area contributed by atoms with Crippen LogP contribution in [0.25, 0.3) is 10.8 Å². The van der Waals surface area contributed by atoms with Crippen molar-refractivity contribution in [1.82, 2.24) is 5.32 Å². The molecule has 0 aromatic heterocycles. The number of ether oxygens (including phenoxy) is 1. The van der Waals surface area contributed by atoms with E-state index in [1.165, 1.54) is 0 Å². The van der Waals surface area contributed by atoms with Crippen LogP contribution in [-0.4, -0.2) is 31.3 Å². The van der Waals surface area contributed by atoms with Crippen LogP contribution in [0.3, 0.4) is 0 Å². The number of nitrogens with one attached hydrogen (secondary N) is 1. The second kappa shape index (κ2) is 7.03. The Balaban J connectivity index is 1.97. The Bertz CT molecular complexity index is 583. The van der Waals surface area contributed by atoms with E-state index >= 15 is 0 Å². The van der Waals surface area contributed by atoms with Gasteiger partial charge in [-0.05, 0) is 22.4 Å². The maximum absolute atomic E-state index is 11.4. The van der Waals surface area contributed by atoms with Gasteiger partial charge in [-0.1, -0.05) is 36.4 Å². The van der Waals surface area contributed by atoms with Gasteiger partial charge in [0.25, 0.3) is 0 Å². The van der Waals surface area contributed by atoms with Gasteiger partial charge >= 0.3 is 0 Å². The highest BCUT2D eigenvalue weighted by Crippen LogP contribution is 2.19. The van der Waals surface area contributed by atoms with Crippen molar-refractivity contribution in [3.8, 4) is 0 Å². The molecule has 2 aromatic rings. The van der Waals surface area contributed by atoms with Gasteiger partial charge in [-0.3, -0.25) is 4.79 Å². The highest BCUT2D eigenvalue weighted by molar-refractivity contribution is 5.83. The first-order valence-electron chi connectivity index (χ1n) is 6.63. The lowest BCUT2D eigenvalue weighted by atomic mass is 10.0. The maximum Gasteiger partial charge on any atom is 0.222 e. The van der Waals surface area contributed by atoms with E-state index in [0.29, 0.717) is 13.0 Å². The van der Waals surface area contributed by atoms with E-state index in [1.54, 1.807) is 7.11 Å². The van der Waals surface area contributed by atoms with Crippen LogP contribution in [0.5, 0.6) is 0 Å². The van der Waals surface area contributed by atoms with Crippen LogP contribution in [0.4, 0.5) is 0 Å². The number of rotatable bonds is 6. The van der Waals surface area contributed by atoms with Crippen molar-refractivity contribution in [1.29, 1.82) is 0 Å². The van der Waals surface area contributed by atoms with Gasteiger partial charge < -0.3 is 15.2 Å². The number of carbonyl (C=O) groups excluding carboxylic acids is 1. The zero-order valence-corrected chi connectivity index (χ0v) is 11.5. The molecule has 0 saturated carbocycles. The summed E-state index contributed by atoms with van der Waals surface area (Å²) in [7, 11) is 1.55. The smallest absolute Gasteiger partial charge is 0.222 e. The number of aliphatic hydroxyl groups excluding tert-OH is 1. The van der Waals surface area contributed by atoms with Crippen molar-refractivity contribution in [2.45, 2.75) is 12.5 Å². The van der Waals surface area contributed by atoms with Gasteiger partial charge in [0.15, 0.2) is 0 Å². The fourth-order valence-electron chi connectivity index (χ4n) is 2.03. The molecule has 2 rings (SSSR count). The van der Waals surface area contributed by atoms with Crippen LogP contribution in [0.2, 0.25) is 0 Å². The average molecular weight is 273 g/mol. The molecule has 0 heterocycles. The first-order chi connectivity index (χ1) is 9.70. The quantitative estimate of drug-likeness (QED) is 0.846. The number of aliphatic hydroxyl groups is 1. The Morgan fingerprint density at radius 3 is 2.75 bits per heavy atom. The van der Waals surface area contributed by atoms with Gasteiger partial charge in [0.05, 0.1) is 12.7 Å². The third-order valence-corrected chi connectivity index (χ3v) is 3.18. The molecule has 106 valence electrons. The van der Waals surface area contributed by atoms with Crippen LogP contribution in [0.1, 0.15) is 18.1 Å². The van der Waals surface area contributed by atoms with Crippen LogP contribution < -0.4 is 5.32 Å². The Hall–Kier alpha value is -1.91. The number of amides is 1. The first-order valence-corrected chi connectivity index (χ1v) is 6.63. The molecule has 1 unspecified atom stereocenters. The highest BCUT2D eigenvalue weighted by Gasteiger charge is 2.10. The molecule has 0 bridgehead atoms. The van der Waals surface area contributed by atoms with Gasteiger partial charge in [0, 0.05) is 20.1 Å². The molecular formula is C16H19NO3. The molecule has 2 N–H and O–H groups in total. The van der Waals surface area contributed by atoms with Crippen molar-refractivity contribution in [2.24, 2.45) is 0 Å². The lowest BCUT2D eigenvalue weighted by Crippen LogP contribution is -2.28. The SMILES string of the molecule is COCCC(=O)NCC(O)c1ccc2ccccc2c1. The minimum atomic E-state index is -0.703. The van der Waals surface area contributed by atoms with Crippen molar-refractivity contribution in [3.63, 3.8) is 0 Å². The zero-order valence-electron chi connectivity index (χ0n) is 11.5. The minimum absolute atomic E-state index is 0.119. The number of hydrogen-bond acceptors (Lipinski definition) is 3. The average Bonchev–Trinajstić information content (AvgIpc) is 2.50. The molecule has 4 nitrogen and oxygen atoms in total. The number of fused-ring (bicyclic) bond motifs is 1. The fourth-order valence-corrected chi connectivity index (χ4v) is 2.03. The summed E-state index contributed by atoms with van der Waals surface area (Å²) >= 11 is 0. The molecule has 0 radical (unpaired) electrons. The molecule has 0 aliphatic carbocycles. The third kappa shape index (κ3) is 3.79. The Morgan fingerprint density at radius 2 is 2.00 bits per heavy atom. The van der Waals surface area contributed by atoms with Crippen LogP contribution in [0.15, 0.2) is 42.5 Å². The predicted octanol–water partition coefficient (Wildman–Crippen LogP) is 2.03. The minimum Gasteiger partial charge on any atom is -0.387 e. The van der Waals surface area contributed by atoms with E-state index in [1.807, 2.05) is 42.5 Å². The fraction of sp³-hybridized carbons (Fsp3) is 0.312. The molecule has 0 spiro atoms. The number of methoxy groups -OCH3 is 1. The second-order valence-electron chi connectivity index (χ2n) is 4.67. The van der Waals surface area contributed by atoms with E-state index in [4.69, 9.17) is 4.74 Å². The molecule has 1 amide bonds. The van der Waals surface area contributed by atoms with E-state index in [-0.39, 0.29) is 12.5 Å². The second-order valence-corrected chi connectivity index (χ2v) is 4.67. The predicted molar refractivity (Wildman–Crippen MR) is 78.4 cm³/mol. The van der Waals surface area contributed by atoms with E-state index in [0.717, 1.165) is 16.3 Å². The van der Waals surface area contributed by atoms with Gasteiger partial charge in [-0.25, -0.2) is 0 Å². The van der Waals surface area contributed by atoms with Crippen molar-refractivity contribution in [3.05, 3.63) is 48.0 Å². The van der Waals surface area contributed by atoms with Crippen LogP contribution >= 0.6 is 0 Å². The van der Waals surface area contributed by atoms with Crippen molar-refractivity contribution < 1.29 is 14.6 Å². The van der Waals surface area contributed by atoms with Gasteiger partial charge in [-0.15, -0.1) is 0 Å². The van der Waals surface area contributed by atoms with Crippen LogP contribution in [0, 0.1) is 0 Å². The summed E-state index contributed by atoms with van der Waals surface area (Å²) in [5.74, 6) is -0.119. The zero-order chi connectivity index (χ0) is 14.4. The van der Waals surface area contributed by atoms with Gasteiger partial charge in [-0.2, -0.15) is 0 Å². The summed E-state index contributed by atoms with van der Waals surface area (Å²) < 4.78 is 4.83. The maximum atomic E-state index is 11.4. The Labute approximate surface area is 118 Å². The van der Waals surface area contributed by atoms with Crippen LogP contribution in [-0.2, 0) is 9.53 Å². The molecule has 2 aromatic carbocycles. The summed E-state index contributed by atoms with van der Waals surface area (Å²) in [6.45, 7) is 0.596. The largest absolute Gasteiger partial charge is 0.387 e. The lowest BCUT2D eigenvalue weighted by molar-refractivity contribution is -0.122. The summed E-state index contributed by atoms with van der Waals surface area (Å²) in [6, 6.07) is 13.8. The lowest BCUT2D eigenvalue weighted by Gasteiger charge is -2.13. The number of hydrogen-bond donors (Lipinski definition) is 2. The third-order valence-electron chi connectivity index (χ3n) is 3.18. The Kier molecular flexibility index (Phi) is 5.09. The summed E-state index contributed by atoms with van der Waals surface area (Å²) in [5.41, 5.74) is 0.802. The molecule has 4 heteroatoms. The van der Waals surface area contributed by atoms with E-state index in [2.05, 4.69) is 5.32 Å². The molecule has 1 atom stereocenters. The summed E-state index contributed by atoms with van der Waals surface area (Å²) in [4.78, 5) is 11.4. The molecule has 0 saturated heterocycles. The summed E-state index contributed by atoms with van der Waals surface area (Å²) in [6.07, 6.45) is -0.396. The van der Waals surface area contributed by atoms with E-state index < -0.39 is 6.10 Å². The molecular weight excluding hydrogens is 254 g/mol. The number of carbonyl (C=O) groups is 1. The topological polar surface area (TPSA) is 58.6 Å². The van der Waals surface area contributed by atoms with E-state index in [9.17, 15) is 9.90 Å². The standard InChI is InChI=1S/C16H19NO3/c1-20-9-8-16(19)17-11-15(18)14-7-6-12-4-2-3-5-13(12)10-14/h2-7,10,15,18H,8-9,11H2,1H3,(H,17,19). The highest BCUT2D eigenvalue weighted by atomic mass is 16.5. The molecule has 0 aliphatic heterocycles. The molecule has 0 aliphatic rings.